The third-order valence-corrected chi connectivity index (χ3v) is 6.33. The van der Waals surface area contributed by atoms with Crippen molar-refractivity contribution in [2.24, 2.45) is 0 Å². The molecule has 1 fully saturated rings. The monoisotopic (exact) mass is 432 g/mol. The second-order valence-electron chi connectivity index (χ2n) is 7.91. The van der Waals surface area contributed by atoms with Crippen LogP contribution in [0, 0.1) is 11.6 Å². The van der Waals surface area contributed by atoms with Crippen molar-refractivity contribution in [2.75, 3.05) is 19.1 Å². The Morgan fingerprint density at radius 3 is 2.52 bits per heavy atom. The van der Waals surface area contributed by atoms with Crippen LogP contribution in [0.2, 0.25) is 0 Å². The Labute approximate surface area is 176 Å². The van der Waals surface area contributed by atoms with Crippen molar-refractivity contribution in [1.82, 2.24) is 14.9 Å². The van der Waals surface area contributed by atoms with Gasteiger partial charge in [0.05, 0.1) is 0 Å². The van der Waals surface area contributed by atoms with Crippen LogP contribution >= 0.6 is 0 Å². The van der Waals surface area contributed by atoms with Gasteiger partial charge in [-0.3, -0.25) is 24.1 Å². The fourth-order valence-corrected chi connectivity index (χ4v) is 4.49. The van der Waals surface area contributed by atoms with Gasteiger partial charge in [0.25, 0.3) is 11.8 Å². The molecule has 2 aromatic rings. The summed E-state index contributed by atoms with van der Waals surface area (Å²) in [4.78, 5) is 39.8. The van der Waals surface area contributed by atoms with Crippen molar-refractivity contribution in [3.63, 3.8) is 0 Å². The van der Waals surface area contributed by atoms with Crippen LogP contribution in [0.5, 0.6) is 5.75 Å². The van der Waals surface area contributed by atoms with Gasteiger partial charge in [-0.1, -0.05) is 6.07 Å². The highest BCUT2D eigenvalue weighted by Crippen LogP contribution is 2.40. The summed E-state index contributed by atoms with van der Waals surface area (Å²) >= 11 is 0. The summed E-state index contributed by atoms with van der Waals surface area (Å²) in [6.45, 7) is -0.283. The Morgan fingerprint density at radius 2 is 1.87 bits per heavy atom. The lowest BCUT2D eigenvalue weighted by molar-refractivity contribution is 0.0404. The maximum atomic E-state index is 13.8. The first-order valence-electron chi connectivity index (χ1n) is 9.90. The van der Waals surface area contributed by atoms with Gasteiger partial charge in [-0.25, -0.2) is 8.78 Å². The molecule has 4 rings (SSSR count). The Morgan fingerprint density at radius 1 is 1.19 bits per heavy atom. The molecular weight excluding hydrogens is 410 g/mol. The van der Waals surface area contributed by atoms with Crippen molar-refractivity contribution in [3.8, 4) is 5.75 Å². The van der Waals surface area contributed by atoms with E-state index in [9.17, 15) is 28.3 Å². The van der Waals surface area contributed by atoms with Crippen LogP contribution in [0.4, 0.5) is 8.78 Å². The van der Waals surface area contributed by atoms with E-state index in [0.717, 1.165) is 18.9 Å². The maximum absolute atomic E-state index is 13.8. The molecule has 1 saturated carbocycles. The summed E-state index contributed by atoms with van der Waals surface area (Å²) < 4.78 is 28.2. The molecule has 8 nitrogen and oxygen atoms in total. The van der Waals surface area contributed by atoms with Crippen LogP contribution < -0.4 is 15.8 Å². The van der Waals surface area contributed by atoms with E-state index in [1.54, 1.807) is 19.1 Å². The molecule has 2 amide bonds. The average Bonchev–Trinajstić information content (AvgIpc) is 3.23. The van der Waals surface area contributed by atoms with Crippen LogP contribution in [0.1, 0.15) is 52.1 Å². The minimum absolute atomic E-state index is 0.0378. The third-order valence-electron chi connectivity index (χ3n) is 6.33. The molecule has 0 radical (unpaired) electrons. The number of aromatic hydroxyl groups is 1. The van der Waals surface area contributed by atoms with Gasteiger partial charge in [0, 0.05) is 38.5 Å². The standard InChI is InChI=1S/C21H22F2N4O4/c1-25-20(31)16-18(29)17(28)14(11-27(16)26(2)21(25)7-3-4-8-21)19(30)24-10-12-5-6-13(22)9-15(12)23/h5-6,9,11,29H,3-4,7-8,10H2,1-2H3,(H,24,30). The number of carbonyl (C=O) groups excluding carboxylic acids is 2. The summed E-state index contributed by atoms with van der Waals surface area (Å²) in [5.74, 6) is -3.75. The molecule has 0 unspecified atom stereocenters. The lowest BCUT2D eigenvalue weighted by Crippen LogP contribution is -2.67. The molecule has 1 aromatic heterocycles. The molecule has 1 aliphatic carbocycles. The first-order chi connectivity index (χ1) is 14.7. The summed E-state index contributed by atoms with van der Waals surface area (Å²) in [7, 11) is 3.37. The molecular formula is C21H22F2N4O4. The molecule has 0 saturated heterocycles. The molecule has 0 atom stereocenters. The zero-order valence-corrected chi connectivity index (χ0v) is 17.1. The maximum Gasteiger partial charge on any atom is 0.278 e. The van der Waals surface area contributed by atoms with E-state index in [1.165, 1.54) is 21.8 Å². The number of hydrogen-bond acceptors (Lipinski definition) is 5. The normalized spacial score (nSPS) is 17.2. The van der Waals surface area contributed by atoms with Crippen LogP contribution in [0.25, 0.3) is 0 Å². The van der Waals surface area contributed by atoms with Gasteiger partial charge < -0.3 is 15.3 Å². The Hall–Kier alpha value is -3.43. The van der Waals surface area contributed by atoms with Crippen molar-refractivity contribution in [2.45, 2.75) is 37.9 Å². The quantitative estimate of drug-likeness (QED) is 0.770. The van der Waals surface area contributed by atoms with Gasteiger partial charge in [0.15, 0.2) is 11.4 Å². The molecule has 31 heavy (non-hydrogen) atoms. The minimum atomic E-state index is -0.999. The molecule has 1 aromatic carbocycles. The van der Waals surface area contributed by atoms with Gasteiger partial charge in [0.1, 0.15) is 22.9 Å². The molecule has 1 spiro atoms. The third kappa shape index (κ3) is 3.13. The number of carbonyl (C=O) groups is 2. The first kappa shape index (κ1) is 20.8. The van der Waals surface area contributed by atoms with E-state index < -0.39 is 40.3 Å². The van der Waals surface area contributed by atoms with Crippen molar-refractivity contribution in [3.05, 3.63) is 63.1 Å². The van der Waals surface area contributed by atoms with Gasteiger partial charge in [-0.2, -0.15) is 0 Å². The molecule has 10 heteroatoms. The number of nitrogens with one attached hydrogen (secondary N) is 1. The van der Waals surface area contributed by atoms with Crippen LogP contribution in [0.15, 0.2) is 29.2 Å². The number of benzene rings is 1. The molecule has 164 valence electrons. The first-order valence-corrected chi connectivity index (χ1v) is 9.90. The van der Waals surface area contributed by atoms with Crippen molar-refractivity contribution in [1.29, 1.82) is 0 Å². The van der Waals surface area contributed by atoms with Crippen molar-refractivity contribution < 1.29 is 23.5 Å². The highest BCUT2D eigenvalue weighted by atomic mass is 19.1. The van der Waals surface area contributed by atoms with E-state index in [-0.39, 0.29) is 23.4 Å². The molecule has 2 heterocycles. The average molecular weight is 432 g/mol. The zero-order valence-electron chi connectivity index (χ0n) is 17.1. The topological polar surface area (TPSA) is 94.9 Å². The van der Waals surface area contributed by atoms with E-state index in [0.29, 0.717) is 18.9 Å². The van der Waals surface area contributed by atoms with Crippen LogP contribution in [-0.4, -0.2) is 46.3 Å². The number of rotatable bonds is 3. The smallest absolute Gasteiger partial charge is 0.278 e. The van der Waals surface area contributed by atoms with E-state index in [4.69, 9.17) is 0 Å². The second-order valence-corrected chi connectivity index (χ2v) is 7.91. The summed E-state index contributed by atoms with van der Waals surface area (Å²) in [6, 6.07) is 2.94. The predicted molar refractivity (Wildman–Crippen MR) is 107 cm³/mol. The molecule has 0 bridgehead atoms. The van der Waals surface area contributed by atoms with E-state index in [1.807, 2.05) is 0 Å². The largest absolute Gasteiger partial charge is 0.502 e. The van der Waals surface area contributed by atoms with Crippen LogP contribution in [0.3, 0.4) is 0 Å². The predicted octanol–water partition coefficient (Wildman–Crippen LogP) is 1.69. The number of nitrogens with zero attached hydrogens (tertiary/aromatic N) is 3. The Balaban J connectivity index is 1.70. The molecule has 1 aliphatic heterocycles. The fraction of sp³-hybridized carbons (Fsp3) is 0.381. The SMILES string of the molecule is CN1C(=O)c2c(O)c(=O)c(C(=O)NCc3ccc(F)cc3F)cn2N(C)C12CCCC2. The number of amides is 2. The van der Waals surface area contributed by atoms with Crippen LogP contribution in [-0.2, 0) is 6.54 Å². The second kappa shape index (κ2) is 7.36. The highest BCUT2D eigenvalue weighted by molar-refractivity contribution is 5.99. The summed E-state index contributed by atoms with van der Waals surface area (Å²) in [5.41, 5.74) is -2.18. The lowest BCUT2D eigenvalue weighted by atomic mass is 10.0. The number of fused-ring (bicyclic) bond motifs is 1. The molecule has 2 aliphatic rings. The summed E-state index contributed by atoms with van der Waals surface area (Å²) in [6.07, 6.45) is 4.48. The number of aromatic nitrogens is 1. The van der Waals surface area contributed by atoms with Crippen molar-refractivity contribution >= 4 is 11.8 Å². The fourth-order valence-electron chi connectivity index (χ4n) is 4.49. The zero-order chi connectivity index (χ0) is 22.5. The minimum Gasteiger partial charge on any atom is -0.502 e. The number of pyridine rings is 1. The lowest BCUT2D eigenvalue weighted by Gasteiger charge is -2.51. The number of halogens is 2. The molecule has 2 N–H and O–H groups in total. The van der Waals surface area contributed by atoms with Gasteiger partial charge in [-0.05, 0) is 31.7 Å². The highest BCUT2D eigenvalue weighted by Gasteiger charge is 2.49. The number of hydrogen-bond donors (Lipinski definition) is 2. The van der Waals surface area contributed by atoms with Gasteiger partial charge in [0.2, 0.25) is 5.43 Å². The van der Waals surface area contributed by atoms with Gasteiger partial charge in [-0.15, -0.1) is 0 Å². The Kier molecular flexibility index (Phi) is 4.95. The Bertz CT molecular complexity index is 1140. The summed E-state index contributed by atoms with van der Waals surface area (Å²) in [5, 5.41) is 14.6. The van der Waals surface area contributed by atoms with E-state index >= 15 is 0 Å². The van der Waals surface area contributed by atoms with E-state index in [2.05, 4.69) is 5.32 Å². The van der Waals surface area contributed by atoms with Gasteiger partial charge >= 0.3 is 0 Å².